The van der Waals surface area contributed by atoms with E-state index in [4.69, 9.17) is 5.26 Å². The molecule has 1 aliphatic heterocycles. The quantitative estimate of drug-likeness (QED) is 0.793. The van der Waals surface area contributed by atoms with E-state index in [1.165, 1.54) is 17.3 Å². The van der Waals surface area contributed by atoms with Gasteiger partial charge in [0.05, 0.1) is 12.4 Å². The molecule has 5 heteroatoms. The number of benzene rings is 1. The lowest BCUT2D eigenvalue weighted by Gasteiger charge is -2.20. The van der Waals surface area contributed by atoms with Crippen LogP contribution in [0.15, 0.2) is 30.6 Å². The molecule has 110 valence electrons. The fourth-order valence-corrected chi connectivity index (χ4v) is 2.72. The monoisotopic (exact) mass is 292 g/mol. The predicted octanol–water partition coefficient (Wildman–Crippen LogP) is 2.16. The van der Waals surface area contributed by atoms with Gasteiger partial charge >= 0.3 is 0 Å². The van der Waals surface area contributed by atoms with E-state index in [2.05, 4.69) is 20.9 Å². The SMILES string of the molecule is CC(=O)c1ccc2c(c1)CCN(c1cnc(C#N)cn1)CC2. The summed E-state index contributed by atoms with van der Waals surface area (Å²) >= 11 is 0. The summed E-state index contributed by atoms with van der Waals surface area (Å²) in [6.07, 6.45) is 4.93. The number of rotatable bonds is 2. The Bertz CT molecular complexity index is 746. The molecule has 0 amide bonds. The number of nitriles is 1. The Kier molecular flexibility index (Phi) is 3.84. The Morgan fingerprint density at radius 1 is 1.18 bits per heavy atom. The van der Waals surface area contributed by atoms with Crippen molar-refractivity contribution in [2.75, 3.05) is 18.0 Å². The minimum atomic E-state index is 0.0989. The van der Waals surface area contributed by atoms with Crippen molar-refractivity contribution >= 4 is 11.6 Å². The number of nitrogens with zero attached hydrogens (tertiary/aromatic N) is 4. The van der Waals surface area contributed by atoms with E-state index in [0.717, 1.165) is 37.3 Å². The summed E-state index contributed by atoms with van der Waals surface area (Å²) < 4.78 is 0. The Morgan fingerprint density at radius 2 is 1.95 bits per heavy atom. The number of aromatic nitrogens is 2. The zero-order valence-corrected chi connectivity index (χ0v) is 12.4. The van der Waals surface area contributed by atoms with Crippen molar-refractivity contribution in [1.82, 2.24) is 9.97 Å². The van der Waals surface area contributed by atoms with Gasteiger partial charge in [-0.1, -0.05) is 12.1 Å². The normalized spacial score (nSPS) is 13.9. The van der Waals surface area contributed by atoms with Crippen LogP contribution in [0.1, 0.15) is 34.1 Å². The van der Waals surface area contributed by atoms with Gasteiger partial charge in [0.1, 0.15) is 11.9 Å². The smallest absolute Gasteiger partial charge is 0.159 e. The van der Waals surface area contributed by atoms with Crippen molar-refractivity contribution in [3.8, 4) is 6.07 Å². The van der Waals surface area contributed by atoms with Crippen LogP contribution in [0, 0.1) is 11.3 Å². The van der Waals surface area contributed by atoms with E-state index in [-0.39, 0.29) is 5.78 Å². The molecule has 0 aliphatic carbocycles. The molecular weight excluding hydrogens is 276 g/mol. The molecule has 1 aliphatic rings. The highest BCUT2D eigenvalue weighted by atomic mass is 16.1. The maximum atomic E-state index is 11.5. The molecule has 0 radical (unpaired) electrons. The summed E-state index contributed by atoms with van der Waals surface area (Å²) in [7, 11) is 0. The van der Waals surface area contributed by atoms with Crippen LogP contribution in [0.3, 0.4) is 0 Å². The molecule has 1 aromatic carbocycles. The summed E-state index contributed by atoms with van der Waals surface area (Å²) in [5, 5.41) is 8.78. The Hall–Kier alpha value is -2.74. The molecule has 2 aromatic rings. The van der Waals surface area contributed by atoms with E-state index >= 15 is 0 Å². The minimum absolute atomic E-state index is 0.0989. The fourth-order valence-electron chi connectivity index (χ4n) is 2.72. The van der Waals surface area contributed by atoms with Crippen LogP contribution in [-0.4, -0.2) is 28.8 Å². The molecule has 0 saturated heterocycles. The third kappa shape index (κ3) is 2.82. The van der Waals surface area contributed by atoms with Crippen molar-refractivity contribution < 1.29 is 4.79 Å². The van der Waals surface area contributed by atoms with E-state index < -0.39 is 0 Å². The van der Waals surface area contributed by atoms with E-state index in [1.54, 1.807) is 13.1 Å². The van der Waals surface area contributed by atoms with Crippen molar-refractivity contribution in [2.45, 2.75) is 19.8 Å². The third-order valence-corrected chi connectivity index (χ3v) is 3.99. The van der Waals surface area contributed by atoms with Crippen LogP contribution in [0.2, 0.25) is 0 Å². The molecule has 0 bridgehead atoms. The van der Waals surface area contributed by atoms with Crippen molar-refractivity contribution in [3.63, 3.8) is 0 Å². The first-order valence-electron chi connectivity index (χ1n) is 7.27. The lowest BCUT2D eigenvalue weighted by molar-refractivity contribution is 0.101. The summed E-state index contributed by atoms with van der Waals surface area (Å²) in [4.78, 5) is 22.1. The summed E-state index contributed by atoms with van der Waals surface area (Å²) in [6, 6.07) is 7.94. The van der Waals surface area contributed by atoms with Gasteiger partial charge in [-0.3, -0.25) is 4.79 Å². The van der Waals surface area contributed by atoms with Gasteiger partial charge < -0.3 is 4.90 Å². The lowest BCUT2D eigenvalue weighted by Crippen LogP contribution is -2.27. The maximum Gasteiger partial charge on any atom is 0.159 e. The van der Waals surface area contributed by atoms with Gasteiger partial charge in [-0.2, -0.15) is 5.26 Å². The molecule has 2 heterocycles. The molecule has 5 nitrogen and oxygen atoms in total. The number of fused-ring (bicyclic) bond motifs is 1. The average molecular weight is 292 g/mol. The zero-order valence-electron chi connectivity index (χ0n) is 12.4. The lowest BCUT2D eigenvalue weighted by atomic mass is 9.99. The van der Waals surface area contributed by atoms with Gasteiger partial charge in [-0.15, -0.1) is 0 Å². The molecule has 0 fully saturated rings. The highest BCUT2D eigenvalue weighted by Gasteiger charge is 2.16. The first-order valence-corrected chi connectivity index (χ1v) is 7.27. The van der Waals surface area contributed by atoms with Gasteiger partial charge in [0.2, 0.25) is 0 Å². The number of Topliss-reactive ketones (excluding diaryl/α,β-unsaturated/α-hetero) is 1. The van der Waals surface area contributed by atoms with Crippen LogP contribution in [0.25, 0.3) is 0 Å². The predicted molar refractivity (Wildman–Crippen MR) is 82.8 cm³/mol. The summed E-state index contributed by atoms with van der Waals surface area (Å²) in [5.74, 6) is 0.889. The minimum Gasteiger partial charge on any atom is -0.355 e. The molecule has 0 atom stereocenters. The number of carbonyl (C=O) groups excluding carboxylic acids is 1. The van der Waals surface area contributed by atoms with Crippen molar-refractivity contribution in [1.29, 1.82) is 5.26 Å². The number of hydrogen-bond acceptors (Lipinski definition) is 5. The zero-order chi connectivity index (χ0) is 15.5. The van der Waals surface area contributed by atoms with E-state index in [1.807, 2.05) is 18.2 Å². The van der Waals surface area contributed by atoms with Gasteiger partial charge in [0, 0.05) is 18.7 Å². The van der Waals surface area contributed by atoms with Gasteiger partial charge in [0.15, 0.2) is 11.5 Å². The third-order valence-electron chi connectivity index (χ3n) is 3.99. The number of carbonyl (C=O) groups is 1. The first-order chi connectivity index (χ1) is 10.7. The number of hydrogen-bond donors (Lipinski definition) is 0. The van der Waals surface area contributed by atoms with Crippen LogP contribution >= 0.6 is 0 Å². The molecule has 1 aromatic heterocycles. The first kappa shape index (κ1) is 14.2. The molecule has 0 unspecified atom stereocenters. The molecule has 0 N–H and O–H groups in total. The van der Waals surface area contributed by atoms with Gasteiger partial charge in [-0.25, -0.2) is 9.97 Å². The highest BCUT2D eigenvalue weighted by molar-refractivity contribution is 5.94. The van der Waals surface area contributed by atoms with E-state index in [9.17, 15) is 4.79 Å². The second kappa shape index (κ2) is 5.94. The number of anilines is 1. The molecule has 22 heavy (non-hydrogen) atoms. The highest BCUT2D eigenvalue weighted by Crippen LogP contribution is 2.20. The number of ketones is 1. The van der Waals surface area contributed by atoms with Crippen molar-refractivity contribution in [2.24, 2.45) is 0 Å². The Labute approximate surface area is 129 Å². The molecule has 3 rings (SSSR count). The summed E-state index contributed by atoms with van der Waals surface area (Å²) in [6.45, 7) is 3.28. The second-order valence-corrected chi connectivity index (χ2v) is 5.40. The largest absolute Gasteiger partial charge is 0.355 e. The maximum absolute atomic E-state index is 11.5. The standard InChI is InChI=1S/C17H16N4O/c1-12(22)14-3-2-13-4-6-21(7-5-15(13)8-14)17-11-19-16(9-18)10-20-17/h2-3,8,10-11H,4-7H2,1H3. The van der Waals surface area contributed by atoms with Crippen LogP contribution in [-0.2, 0) is 12.8 Å². The van der Waals surface area contributed by atoms with Crippen molar-refractivity contribution in [3.05, 3.63) is 53.0 Å². The second-order valence-electron chi connectivity index (χ2n) is 5.40. The summed E-state index contributed by atoms with van der Waals surface area (Å²) in [5.41, 5.74) is 3.62. The van der Waals surface area contributed by atoms with Gasteiger partial charge in [0.25, 0.3) is 0 Å². The van der Waals surface area contributed by atoms with E-state index in [0.29, 0.717) is 5.69 Å². The molecule has 0 saturated carbocycles. The topological polar surface area (TPSA) is 69.9 Å². The van der Waals surface area contributed by atoms with Crippen LogP contribution in [0.5, 0.6) is 0 Å². The average Bonchev–Trinajstić information content (AvgIpc) is 2.77. The fraction of sp³-hybridized carbons (Fsp3) is 0.294. The Morgan fingerprint density at radius 3 is 2.59 bits per heavy atom. The van der Waals surface area contributed by atoms with Crippen LogP contribution < -0.4 is 4.90 Å². The van der Waals surface area contributed by atoms with Crippen LogP contribution in [0.4, 0.5) is 5.82 Å². The Balaban J connectivity index is 1.80. The van der Waals surface area contributed by atoms with Gasteiger partial charge in [-0.05, 0) is 37.0 Å². The molecular formula is C17H16N4O. The molecule has 0 spiro atoms.